The number of rotatable bonds is 5. The lowest BCUT2D eigenvalue weighted by atomic mass is 10.0. The van der Waals surface area contributed by atoms with E-state index in [4.69, 9.17) is 9.82 Å². The third-order valence-corrected chi connectivity index (χ3v) is 6.99. The molecule has 4 heterocycles. The molecule has 3 aromatic rings. The number of aromatic nitrogens is 3. The molecule has 1 aromatic carbocycles. The summed E-state index contributed by atoms with van der Waals surface area (Å²) in [6, 6.07) is 10.9. The number of thiazole rings is 1. The van der Waals surface area contributed by atoms with Crippen LogP contribution in [0, 0.1) is 6.92 Å². The summed E-state index contributed by atoms with van der Waals surface area (Å²) in [5, 5.41) is 10.6. The van der Waals surface area contributed by atoms with Gasteiger partial charge in [-0.3, -0.25) is 9.48 Å². The van der Waals surface area contributed by atoms with Crippen LogP contribution in [-0.4, -0.2) is 57.5 Å². The predicted molar refractivity (Wildman–Crippen MR) is 124 cm³/mol. The van der Waals surface area contributed by atoms with E-state index >= 15 is 0 Å². The number of hydrogen-bond donors (Lipinski definition) is 0. The molecule has 184 valence electrons. The Morgan fingerprint density at radius 3 is 2.60 bits per heavy atom. The second-order valence-electron chi connectivity index (χ2n) is 8.46. The van der Waals surface area contributed by atoms with Crippen molar-refractivity contribution < 1.29 is 22.8 Å². The van der Waals surface area contributed by atoms with Crippen molar-refractivity contribution in [2.75, 3.05) is 31.1 Å². The standard InChI is InChI=1S/C23H23F3N6O2S/c1-15-11-20(23(24,25)26)28-32(15)13-21(33)30-7-9-31(10-8-30)22-27-18(14-35-22)17-12-19(34-29-17)16-5-3-2-4-6-16/h2-6,11,14,19H,7-10,12-13H2,1H3. The fraction of sp³-hybridized carbons (Fsp3) is 0.391. The monoisotopic (exact) mass is 504 g/mol. The summed E-state index contributed by atoms with van der Waals surface area (Å²) in [5.41, 5.74) is 1.98. The van der Waals surface area contributed by atoms with E-state index in [0.717, 1.165) is 32.8 Å². The summed E-state index contributed by atoms with van der Waals surface area (Å²) in [4.78, 5) is 26.8. The molecule has 1 atom stereocenters. The van der Waals surface area contributed by atoms with Gasteiger partial charge in [0.15, 0.2) is 16.9 Å². The van der Waals surface area contributed by atoms with E-state index in [-0.39, 0.29) is 18.6 Å². The van der Waals surface area contributed by atoms with Gasteiger partial charge in [0.1, 0.15) is 18.0 Å². The normalized spacial score (nSPS) is 18.5. The van der Waals surface area contributed by atoms with Crippen LogP contribution in [0.25, 0.3) is 0 Å². The maximum absolute atomic E-state index is 12.9. The van der Waals surface area contributed by atoms with Crippen molar-refractivity contribution in [2.24, 2.45) is 5.16 Å². The van der Waals surface area contributed by atoms with Gasteiger partial charge in [0.2, 0.25) is 5.91 Å². The minimum atomic E-state index is -4.53. The minimum Gasteiger partial charge on any atom is -0.387 e. The fourth-order valence-electron chi connectivity index (χ4n) is 4.10. The third kappa shape index (κ3) is 5.02. The molecule has 0 saturated carbocycles. The Labute approximate surface area is 203 Å². The van der Waals surface area contributed by atoms with Gasteiger partial charge in [0.25, 0.3) is 0 Å². The zero-order valence-corrected chi connectivity index (χ0v) is 19.7. The number of carbonyl (C=O) groups excluding carboxylic acids is 1. The molecule has 2 aliphatic heterocycles. The molecule has 12 heteroatoms. The Balaban J connectivity index is 1.15. The SMILES string of the molecule is Cc1cc(C(F)(F)F)nn1CC(=O)N1CCN(c2nc(C3=NOC(c4ccccc4)C3)cs2)CC1. The first-order valence-electron chi connectivity index (χ1n) is 11.2. The first-order chi connectivity index (χ1) is 16.8. The third-order valence-electron chi connectivity index (χ3n) is 6.09. The van der Waals surface area contributed by atoms with Gasteiger partial charge in [-0.25, -0.2) is 4.98 Å². The summed E-state index contributed by atoms with van der Waals surface area (Å²) < 4.78 is 39.7. The number of oxime groups is 1. The Morgan fingerprint density at radius 1 is 1.17 bits per heavy atom. The Hall–Kier alpha value is -3.41. The van der Waals surface area contributed by atoms with Crippen LogP contribution in [0.1, 0.15) is 35.2 Å². The number of benzene rings is 1. The largest absolute Gasteiger partial charge is 0.435 e. The molecule has 1 amide bonds. The molecule has 1 unspecified atom stereocenters. The molecule has 0 aliphatic carbocycles. The summed E-state index contributed by atoms with van der Waals surface area (Å²) in [6.45, 7) is 3.38. The number of aryl methyl sites for hydroxylation is 1. The molecule has 1 fully saturated rings. The molecule has 1 saturated heterocycles. The van der Waals surface area contributed by atoms with E-state index in [1.807, 2.05) is 35.7 Å². The van der Waals surface area contributed by atoms with Gasteiger partial charge in [0, 0.05) is 43.7 Å². The van der Waals surface area contributed by atoms with Gasteiger partial charge in [-0.2, -0.15) is 18.3 Å². The Morgan fingerprint density at radius 2 is 1.91 bits per heavy atom. The van der Waals surface area contributed by atoms with Crippen LogP contribution in [0.3, 0.4) is 0 Å². The van der Waals surface area contributed by atoms with Crippen LogP contribution in [0.4, 0.5) is 18.3 Å². The predicted octanol–water partition coefficient (Wildman–Crippen LogP) is 3.88. The summed E-state index contributed by atoms with van der Waals surface area (Å²) in [6.07, 6.45) is -4.00. The number of halogens is 3. The van der Waals surface area contributed by atoms with Crippen LogP contribution < -0.4 is 4.90 Å². The van der Waals surface area contributed by atoms with E-state index in [1.54, 1.807) is 4.90 Å². The summed E-state index contributed by atoms with van der Waals surface area (Å²) in [7, 11) is 0. The molecule has 5 rings (SSSR count). The molecule has 0 bridgehead atoms. The van der Waals surface area contributed by atoms with Crippen molar-refractivity contribution in [1.29, 1.82) is 0 Å². The highest BCUT2D eigenvalue weighted by molar-refractivity contribution is 7.14. The van der Waals surface area contributed by atoms with Gasteiger partial charge in [-0.15, -0.1) is 11.3 Å². The highest BCUT2D eigenvalue weighted by Gasteiger charge is 2.35. The first kappa shape index (κ1) is 23.3. The van der Waals surface area contributed by atoms with E-state index in [9.17, 15) is 18.0 Å². The van der Waals surface area contributed by atoms with Gasteiger partial charge < -0.3 is 14.6 Å². The second-order valence-corrected chi connectivity index (χ2v) is 9.29. The highest BCUT2D eigenvalue weighted by Crippen LogP contribution is 2.31. The number of amides is 1. The number of carbonyl (C=O) groups is 1. The fourth-order valence-corrected chi connectivity index (χ4v) is 4.99. The van der Waals surface area contributed by atoms with Gasteiger partial charge >= 0.3 is 6.18 Å². The maximum atomic E-state index is 12.9. The molecule has 0 N–H and O–H groups in total. The molecule has 0 spiro atoms. The van der Waals surface area contributed by atoms with Gasteiger partial charge in [-0.1, -0.05) is 35.5 Å². The number of nitrogens with zero attached hydrogens (tertiary/aromatic N) is 6. The van der Waals surface area contributed by atoms with Gasteiger partial charge in [-0.05, 0) is 18.6 Å². The number of anilines is 1. The lowest BCUT2D eigenvalue weighted by molar-refractivity contribution is -0.142. The van der Waals surface area contributed by atoms with E-state index in [2.05, 4.69) is 15.2 Å². The maximum Gasteiger partial charge on any atom is 0.435 e. The molecule has 35 heavy (non-hydrogen) atoms. The van der Waals surface area contributed by atoms with Crippen LogP contribution in [0.5, 0.6) is 0 Å². The number of hydrogen-bond acceptors (Lipinski definition) is 7. The average molecular weight is 505 g/mol. The lowest BCUT2D eigenvalue weighted by Gasteiger charge is -2.34. The number of alkyl halides is 3. The Kier molecular flexibility index (Phi) is 6.22. The van der Waals surface area contributed by atoms with Crippen LogP contribution in [0.2, 0.25) is 0 Å². The van der Waals surface area contributed by atoms with Crippen LogP contribution in [-0.2, 0) is 22.4 Å². The first-order valence-corrected chi connectivity index (χ1v) is 12.0. The lowest BCUT2D eigenvalue weighted by Crippen LogP contribution is -2.49. The van der Waals surface area contributed by atoms with Crippen molar-refractivity contribution in [3.8, 4) is 0 Å². The molecular weight excluding hydrogens is 481 g/mol. The molecule has 2 aliphatic rings. The van der Waals surface area contributed by atoms with Crippen molar-refractivity contribution >= 4 is 28.1 Å². The molecular formula is C23H23F3N6O2S. The average Bonchev–Trinajstić information content (AvgIpc) is 3.60. The molecule has 0 radical (unpaired) electrons. The van der Waals surface area contributed by atoms with Crippen molar-refractivity contribution in [1.82, 2.24) is 19.7 Å². The van der Waals surface area contributed by atoms with Crippen molar-refractivity contribution in [2.45, 2.75) is 32.2 Å². The van der Waals surface area contributed by atoms with Crippen molar-refractivity contribution in [3.05, 3.63) is 64.4 Å². The topological polar surface area (TPSA) is 75.9 Å². The molecule has 8 nitrogen and oxygen atoms in total. The van der Waals surface area contributed by atoms with Crippen LogP contribution in [0.15, 0.2) is 46.9 Å². The molecule has 2 aromatic heterocycles. The summed E-state index contributed by atoms with van der Waals surface area (Å²) in [5.74, 6) is -0.256. The van der Waals surface area contributed by atoms with E-state index in [0.29, 0.717) is 38.3 Å². The zero-order chi connectivity index (χ0) is 24.6. The quantitative estimate of drug-likeness (QED) is 0.527. The van der Waals surface area contributed by atoms with Crippen molar-refractivity contribution in [3.63, 3.8) is 0 Å². The van der Waals surface area contributed by atoms with Crippen LogP contribution >= 0.6 is 11.3 Å². The number of piperazine rings is 1. The summed E-state index contributed by atoms with van der Waals surface area (Å²) >= 11 is 1.51. The van der Waals surface area contributed by atoms with E-state index in [1.165, 1.54) is 18.3 Å². The highest BCUT2D eigenvalue weighted by atomic mass is 32.1. The Bertz CT molecular complexity index is 1230. The van der Waals surface area contributed by atoms with Gasteiger partial charge in [0.05, 0.1) is 0 Å². The second kappa shape index (κ2) is 9.33. The smallest absolute Gasteiger partial charge is 0.387 e. The zero-order valence-electron chi connectivity index (χ0n) is 18.9. The minimum absolute atomic E-state index is 0.114. The van der Waals surface area contributed by atoms with E-state index < -0.39 is 11.9 Å².